The molecular formula is C7H11NO. The number of hydrogen-bond acceptors (Lipinski definition) is 2. The minimum absolute atomic E-state index is 0.0787. The number of likely N-dealkylation sites (N-methyl/N-ethyl adjacent to an activating group) is 1. The lowest BCUT2D eigenvalue weighted by Crippen LogP contribution is -2.28. The zero-order chi connectivity index (χ0) is 6.85. The van der Waals surface area contributed by atoms with Crippen LogP contribution in [0.5, 0.6) is 0 Å². The summed E-state index contributed by atoms with van der Waals surface area (Å²) in [6, 6.07) is 0.0787. The van der Waals surface area contributed by atoms with Gasteiger partial charge in [-0.3, -0.25) is 4.79 Å². The predicted octanol–water partition coefficient (Wildman–Crippen LogP) is 0.793. The Balaban J connectivity index is 2.62. The van der Waals surface area contributed by atoms with Crippen LogP contribution in [0.4, 0.5) is 0 Å². The van der Waals surface area contributed by atoms with E-state index in [4.69, 9.17) is 0 Å². The zero-order valence-corrected chi connectivity index (χ0v) is 5.79. The molecule has 1 atom stereocenters. The molecule has 1 heterocycles. The largest absolute Gasteiger partial charge is 0.367 e. The minimum atomic E-state index is 0.0787. The van der Waals surface area contributed by atoms with E-state index in [0.29, 0.717) is 0 Å². The van der Waals surface area contributed by atoms with E-state index in [1.807, 2.05) is 24.9 Å². The first-order valence-corrected chi connectivity index (χ1v) is 3.23. The molecule has 0 amide bonds. The van der Waals surface area contributed by atoms with Crippen molar-refractivity contribution in [1.29, 1.82) is 0 Å². The summed E-state index contributed by atoms with van der Waals surface area (Å²) in [6.45, 7) is 4.88. The molecule has 0 saturated carbocycles. The van der Waals surface area contributed by atoms with Gasteiger partial charge < -0.3 is 4.90 Å². The second kappa shape index (κ2) is 2.21. The monoisotopic (exact) mass is 125 g/mol. The fourth-order valence-corrected chi connectivity index (χ4v) is 0.980. The third kappa shape index (κ3) is 0.969. The van der Waals surface area contributed by atoms with Gasteiger partial charge in [0, 0.05) is 12.7 Å². The average molecular weight is 125 g/mol. The third-order valence-corrected chi connectivity index (χ3v) is 1.70. The number of carbonyl (C=O) groups is 1. The SMILES string of the molecule is CCN1C=CC(=O)[C@@H]1C. The number of hydrogen-bond donors (Lipinski definition) is 0. The summed E-state index contributed by atoms with van der Waals surface area (Å²) >= 11 is 0. The molecule has 1 rings (SSSR count). The number of ketones is 1. The molecule has 0 aromatic heterocycles. The van der Waals surface area contributed by atoms with Gasteiger partial charge in [-0.05, 0) is 19.9 Å². The zero-order valence-electron chi connectivity index (χ0n) is 5.79. The van der Waals surface area contributed by atoms with Gasteiger partial charge in [0.25, 0.3) is 0 Å². The molecule has 1 aliphatic rings. The number of carbonyl (C=O) groups excluding carboxylic acids is 1. The van der Waals surface area contributed by atoms with E-state index in [2.05, 4.69) is 0 Å². The van der Waals surface area contributed by atoms with E-state index >= 15 is 0 Å². The second-order valence-electron chi connectivity index (χ2n) is 2.22. The van der Waals surface area contributed by atoms with Crippen LogP contribution in [-0.2, 0) is 4.79 Å². The van der Waals surface area contributed by atoms with Crippen molar-refractivity contribution in [2.24, 2.45) is 0 Å². The van der Waals surface area contributed by atoms with Gasteiger partial charge in [-0.15, -0.1) is 0 Å². The van der Waals surface area contributed by atoms with Gasteiger partial charge >= 0.3 is 0 Å². The Morgan fingerprint density at radius 2 is 2.44 bits per heavy atom. The van der Waals surface area contributed by atoms with Crippen LogP contribution in [0, 0.1) is 0 Å². The van der Waals surface area contributed by atoms with Crippen LogP contribution < -0.4 is 0 Å². The molecule has 2 nitrogen and oxygen atoms in total. The van der Waals surface area contributed by atoms with Crippen molar-refractivity contribution in [3.05, 3.63) is 12.3 Å². The lowest BCUT2D eigenvalue weighted by atomic mass is 10.2. The van der Waals surface area contributed by atoms with Crippen molar-refractivity contribution in [3.63, 3.8) is 0 Å². The topological polar surface area (TPSA) is 20.3 Å². The summed E-state index contributed by atoms with van der Waals surface area (Å²) in [4.78, 5) is 12.8. The molecule has 9 heavy (non-hydrogen) atoms. The fourth-order valence-electron chi connectivity index (χ4n) is 0.980. The van der Waals surface area contributed by atoms with Crippen molar-refractivity contribution in [2.45, 2.75) is 19.9 Å². The Labute approximate surface area is 55.2 Å². The van der Waals surface area contributed by atoms with Gasteiger partial charge in [0.15, 0.2) is 5.78 Å². The highest BCUT2D eigenvalue weighted by atomic mass is 16.1. The standard InChI is InChI=1S/C7H11NO/c1-3-8-5-4-7(9)6(8)2/h4-6H,3H2,1-2H3/t6-/m0/s1. The first-order valence-electron chi connectivity index (χ1n) is 3.23. The molecule has 2 heteroatoms. The van der Waals surface area contributed by atoms with E-state index in [-0.39, 0.29) is 11.8 Å². The molecular weight excluding hydrogens is 114 g/mol. The highest BCUT2D eigenvalue weighted by Gasteiger charge is 2.19. The highest BCUT2D eigenvalue weighted by molar-refractivity contribution is 5.96. The molecule has 0 aliphatic carbocycles. The Bertz CT molecular complexity index is 151. The molecule has 0 N–H and O–H groups in total. The normalized spacial score (nSPS) is 25.8. The first-order chi connectivity index (χ1) is 4.25. The fraction of sp³-hybridized carbons (Fsp3) is 0.571. The Kier molecular flexibility index (Phi) is 1.56. The van der Waals surface area contributed by atoms with Crippen LogP contribution in [0.2, 0.25) is 0 Å². The minimum Gasteiger partial charge on any atom is -0.367 e. The van der Waals surface area contributed by atoms with Crippen LogP contribution in [0.1, 0.15) is 13.8 Å². The maximum atomic E-state index is 10.8. The molecule has 0 aromatic rings. The molecule has 50 valence electrons. The molecule has 1 aliphatic heterocycles. The van der Waals surface area contributed by atoms with Crippen LogP contribution in [0.15, 0.2) is 12.3 Å². The van der Waals surface area contributed by atoms with Gasteiger partial charge in [-0.1, -0.05) is 0 Å². The van der Waals surface area contributed by atoms with Gasteiger partial charge in [-0.25, -0.2) is 0 Å². The molecule has 0 fully saturated rings. The maximum absolute atomic E-state index is 10.8. The summed E-state index contributed by atoms with van der Waals surface area (Å²) in [5, 5.41) is 0. The van der Waals surface area contributed by atoms with E-state index in [1.54, 1.807) is 6.08 Å². The number of nitrogens with zero attached hydrogens (tertiary/aromatic N) is 1. The molecule has 0 spiro atoms. The van der Waals surface area contributed by atoms with Crippen molar-refractivity contribution in [2.75, 3.05) is 6.54 Å². The summed E-state index contributed by atoms with van der Waals surface area (Å²) < 4.78 is 0. The van der Waals surface area contributed by atoms with Crippen molar-refractivity contribution < 1.29 is 4.79 Å². The Hall–Kier alpha value is -0.790. The smallest absolute Gasteiger partial charge is 0.179 e. The van der Waals surface area contributed by atoms with Gasteiger partial charge in [0.2, 0.25) is 0 Å². The van der Waals surface area contributed by atoms with E-state index in [1.165, 1.54) is 0 Å². The van der Waals surface area contributed by atoms with Crippen LogP contribution >= 0.6 is 0 Å². The lowest BCUT2D eigenvalue weighted by Gasteiger charge is -2.17. The first kappa shape index (κ1) is 6.33. The van der Waals surface area contributed by atoms with Crippen LogP contribution in [0.3, 0.4) is 0 Å². The third-order valence-electron chi connectivity index (χ3n) is 1.70. The summed E-state index contributed by atoms with van der Waals surface area (Å²) in [6.07, 6.45) is 3.49. The van der Waals surface area contributed by atoms with Crippen molar-refractivity contribution in [1.82, 2.24) is 4.90 Å². The average Bonchev–Trinajstić information content (AvgIpc) is 2.15. The van der Waals surface area contributed by atoms with Crippen LogP contribution in [0.25, 0.3) is 0 Å². The second-order valence-corrected chi connectivity index (χ2v) is 2.22. The summed E-state index contributed by atoms with van der Waals surface area (Å²) in [7, 11) is 0. The van der Waals surface area contributed by atoms with E-state index in [9.17, 15) is 4.79 Å². The van der Waals surface area contributed by atoms with Gasteiger partial charge in [0.05, 0.1) is 6.04 Å². The summed E-state index contributed by atoms with van der Waals surface area (Å²) in [5.74, 6) is 0.219. The molecule has 0 bridgehead atoms. The molecule has 0 radical (unpaired) electrons. The number of rotatable bonds is 1. The van der Waals surface area contributed by atoms with Gasteiger partial charge in [-0.2, -0.15) is 0 Å². The van der Waals surface area contributed by atoms with Crippen molar-refractivity contribution >= 4 is 5.78 Å². The molecule has 0 aromatic carbocycles. The van der Waals surface area contributed by atoms with E-state index in [0.717, 1.165) is 6.54 Å². The van der Waals surface area contributed by atoms with Gasteiger partial charge in [0.1, 0.15) is 0 Å². The Morgan fingerprint density at radius 3 is 2.67 bits per heavy atom. The highest BCUT2D eigenvalue weighted by Crippen LogP contribution is 2.08. The quantitative estimate of drug-likeness (QED) is 0.516. The lowest BCUT2D eigenvalue weighted by molar-refractivity contribution is -0.116. The van der Waals surface area contributed by atoms with E-state index < -0.39 is 0 Å². The maximum Gasteiger partial charge on any atom is 0.179 e. The Morgan fingerprint density at radius 1 is 1.78 bits per heavy atom. The van der Waals surface area contributed by atoms with Crippen LogP contribution in [-0.4, -0.2) is 23.3 Å². The predicted molar refractivity (Wildman–Crippen MR) is 36.0 cm³/mol. The summed E-state index contributed by atoms with van der Waals surface area (Å²) in [5.41, 5.74) is 0. The molecule has 0 unspecified atom stereocenters. The van der Waals surface area contributed by atoms with Crippen molar-refractivity contribution in [3.8, 4) is 0 Å². The molecule has 0 saturated heterocycles.